The molecule has 0 saturated carbocycles. The minimum absolute atomic E-state index is 0.0296. The Hall–Kier alpha value is -2.73. The van der Waals surface area contributed by atoms with Gasteiger partial charge < -0.3 is 24.4 Å². The minimum Gasteiger partial charge on any atom is -0.504 e. The Labute approximate surface area is 132 Å². The normalized spacial score (nSPS) is 19.7. The molecule has 0 fully saturated rings. The molecule has 0 spiro atoms. The Morgan fingerprint density at radius 3 is 2.43 bits per heavy atom. The largest absolute Gasteiger partial charge is 0.504 e. The number of ketones is 1. The third-order valence-electron chi connectivity index (χ3n) is 3.78. The lowest BCUT2D eigenvalue weighted by Crippen LogP contribution is -2.36. The number of rotatable bonds is 3. The van der Waals surface area contributed by atoms with Gasteiger partial charge in [0.15, 0.2) is 23.7 Å². The second-order valence-corrected chi connectivity index (χ2v) is 5.09. The zero-order valence-electron chi connectivity index (χ0n) is 12.6. The standard InChI is InChI=1S/C17H16O6/c1-21-11-8-10(18)16(22-2)17-12(11)13(19)14(20)15(23-17)9-6-4-3-5-7-9/h3-8,14-15,18,20H,1-2H3/t14-,15-/m0/s1. The molecule has 2 atom stereocenters. The van der Waals surface area contributed by atoms with Gasteiger partial charge in [0.25, 0.3) is 0 Å². The van der Waals surface area contributed by atoms with Gasteiger partial charge in [-0.1, -0.05) is 30.3 Å². The maximum Gasteiger partial charge on any atom is 0.204 e. The highest BCUT2D eigenvalue weighted by atomic mass is 16.5. The maximum absolute atomic E-state index is 12.6. The monoisotopic (exact) mass is 316 g/mol. The molecule has 0 aliphatic carbocycles. The molecule has 0 radical (unpaired) electrons. The molecule has 23 heavy (non-hydrogen) atoms. The number of aliphatic hydroxyl groups excluding tert-OH is 1. The lowest BCUT2D eigenvalue weighted by Gasteiger charge is -2.31. The summed E-state index contributed by atoms with van der Waals surface area (Å²) in [6.45, 7) is 0. The van der Waals surface area contributed by atoms with E-state index in [0.29, 0.717) is 5.56 Å². The Morgan fingerprint density at radius 2 is 1.83 bits per heavy atom. The molecule has 0 aromatic heterocycles. The summed E-state index contributed by atoms with van der Waals surface area (Å²) in [4.78, 5) is 12.6. The number of phenols is 1. The molecule has 1 aliphatic rings. The van der Waals surface area contributed by atoms with Crippen LogP contribution < -0.4 is 14.2 Å². The van der Waals surface area contributed by atoms with Gasteiger partial charge in [-0.15, -0.1) is 0 Å². The van der Waals surface area contributed by atoms with Crippen LogP contribution in [0.1, 0.15) is 22.0 Å². The van der Waals surface area contributed by atoms with Crippen LogP contribution in [0.4, 0.5) is 0 Å². The highest BCUT2D eigenvalue weighted by Gasteiger charge is 2.41. The fourth-order valence-electron chi connectivity index (χ4n) is 2.68. The zero-order valence-corrected chi connectivity index (χ0v) is 12.6. The number of aromatic hydroxyl groups is 1. The van der Waals surface area contributed by atoms with Gasteiger partial charge in [-0.05, 0) is 5.56 Å². The van der Waals surface area contributed by atoms with E-state index in [4.69, 9.17) is 14.2 Å². The summed E-state index contributed by atoms with van der Waals surface area (Å²) in [6.07, 6.45) is -2.27. The third kappa shape index (κ3) is 2.37. The first-order chi connectivity index (χ1) is 11.1. The fraction of sp³-hybridized carbons (Fsp3) is 0.235. The lowest BCUT2D eigenvalue weighted by atomic mass is 9.92. The molecule has 3 rings (SSSR count). The average Bonchev–Trinajstić information content (AvgIpc) is 2.57. The van der Waals surface area contributed by atoms with Crippen molar-refractivity contribution in [2.75, 3.05) is 14.2 Å². The van der Waals surface area contributed by atoms with Crippen molar-refractivity contribution in [3.63, 3.8) is 0 Å². The summed E-state index contributed by atoms with van der Waals surface area (Å²) in [5.41, 5.74) is 0.699. The lowest BCUT2D eigenvalue weighted by molar-refractivity contribution is 0.0197. The van der Waals surface area contributed by atoms with E-state index in [9.17, 15) is 15.0 Å². The Balaban J connectivity index is 2.18. The second kappa shape index (κ2) is 5.81. The van der Waals surface area contributed by atoms with Crippen molar-refractivity contribution in [2.24, 2.45) is 0 Å². The van der Waals surface area contributed by atoms with Crippen LogP contribution in [-0.2, 0) is 0 Å². The predicted molar refractivity (Wildman–Crippen MR) is 81.4 cm³/mol. The Morgan fingerprint density at radius 1 is 1.13 bits per heavy atom. The van der Waals surface area contributed by atoms with E-state index in [1.165, 1.54) is 20.3 Å². The minimum atomic E-state index is -1.38. The van der Waals surface area contributed by atoms with Crippen molar-refractivity contribution in [3.05, 3.63) is 47.5 Å². The van der Waals surface area contributed by atoms with Gasteiger partial charge >= 0.3 is 0 Å². The van der Waals surface area contributed by atoms with Crippen molar-refractivity contribution < 1.29 is 29.2 Å². The number of carbonyl (C=O) groups is 1. The van der Waals surface area contributed by atoms with Crippen LogP contribution in [0.3, 0.4) is 0 Å². The molecule has 6 heteroatoms. The number of hydrogen-bond acceptors (Lipinski definition) is 6. The summed E-state index contributed by atoms with van der Waals surface area (Å²) in [6, 6.07) is 10.1. The fourth-order valence-corrected chi connectivity index (χ4v) is 2.68. The highest BCUT2D eigenvalue weighted by molar-refractivity contribution is 6.06. The first kappa shape index (κ1) is 15.2. The van der Waals surface area contributed by atoms with E-state index < -0.39 is 18.0 Å². The van der Waals surface area contributed by atoms with E-state index in [1.807, 2.05) is 6.07 Å². The van der Waals surface area contributed by atoms with Crippen molar-refractivity contribution in [1.29, 1.82) is 0 Å². The smallest absolute Gasteiger partial charge is 0.204 e. The van der Waals surface area contributed by atoms with Crippen LogP contribution in [0.25, 0.3) is 0 Å². The highest BCUT2D eigenvalue weighted by Crippen LogP contribution is 2.49. The number of aliphatic hydroxyl groups is 1. The SMILES string of the molecule is COc1cc(O)c(OC)c2c1C(=O)[C@H](O)[C@H](c1ccccc1)O2. The van der Waals surface area contributed by atoms with Gasteiger partial charge in [-0.2, -0.15) is 0 Å². The molecule has 0 bridgehead atoms. The van der Waals surface area contributed by atoms with E-state index >= 15 is 0 Å². The first-order valence-corrected chi connectivity index (χ1v) is 7.00. The molecular weight excluding hydrogens is 300 g/mol. The van der Waals surface area contributed by atoms with Gasteiger partial charge in [0.1, 0.15) is 11.3 Å². The number of hydrogen-bond donors (Lipinski definition) is 2. The number of methoxy groups -OCH3 is 2. The molecule has 0 amide bonds. The summed E-state index contributed by atoms with van der Waals surface area (Å²) < 4.78 is 16.1. The van der Waals surface area contributed by atoms with E-state index in [0.717, 1.165) is 0 Å². The summed E-state index contributed by atoms with van der Waals surface area (Å²) >= 11 is 0. The Bertz CT molecular complexity index is 740. The topological polar surface area (TPSA) is 85.2 Å². The van der Waals surface area contributed by atoms with Gasteiger partial charge in [-0.3, -0.25) is 4.79 Å². The summed E-state index contributed by atoms with van der Waals surface area (Å²) in [7, 11) is 2.72. The molecule has 1 heterocycles. The van der Waals surface area contributed by atoms with E-state index in [2.05, 4.69) is 0 Å². The predicted octanol–water partition coefficient (Wildman–Crippen LogP) is 2.09. The number of fused-ring (bicyclic) bond motifs is 1. The van der Waals surface area contributed by atoms with Crippen LogP contribution in [-0.4, -0.2) is 36.3 Å². The zero-order chi connectivity index (χ0) is 16.6. The molecular formula is C17H16O6. The summed E-state index contributed by atoms with van der Waals surface area (Å²) in [5, 5.41) is 20.4. The Kier molecular flexibility index (Phi) is 3.83. The molecule has 0 unspecified atom stereocenters. The van der Waals surface area contributed by atoms with E-state index in [-0.39, 0.29) is 28.6 Å². The van der Waals surface area contributed by atoms with Crippen molar-refractivity contribution in [3.8, 4) is 23.0 Å². The molecule has 2 aromatic rings. The van der Waals surface area contributed by atoms with Gasteiger partial charge in [0.05, 0.1) is 14.2 Å². The van der Waals surface area contributed by atoms with Crippen molar-refractivity contribution in [1.82, 2.24) is 0 Å². The molecule has 1 aliphatic heterocycles. The number of benzene rings is 2. The van der Waals surface area contributed by atoms with E-state index in [1.54, 1.807) is 24.3 Å². The van der Waals surface area contributed by atoms with Crippen molar-refractivity contribution >= 4 is 5.78 Å². The molecule has 2 aromatic carbocycles. The average molecular weight is 316 g/mol. The number of ether oxygens (including phenoxy) is 3. The van der Waals surface area contributed by atoms with Crippen LogP contribution in [0.15, 0.2) is 36.4 Å². The quantitative estimate of drug-likeness (QED) is 0.902. The number of phenolic OH excluding ortho intramolecular Hbond substituents is 1. The van der Waals surface area contributed by atoms with Crippen LogP contribution in [0.5, 0.6) is 23.0 Å². The molecule has 6 nitrogen and oxygen atoms in total. The van der Waals surface area contributed by atoms with Crippen LogP contribution in [0, 0.1) is 0 Å². The maximum atomic E-state index is 12.6. The van der Waals surface area contributed by atoms with Crippen LogP contribution in [0.2, 0.25) is 0 Å². The molecule has 2 N–H and O–H groups in total. The molecule has 0 saturated heterocycles. The molecule has 120 valence electrons. The van der Waals surface area contributed by atoms with Gasteiger partial charge in [0, 0.05) is 6.07 Å². The number of carbonyl (C=O) groups excluding carboxylic acids is 1. The third-order valence-corrected chi connectivity index (χ3v) is 3.78. The second-order valence-electron chi connectivity index (χ2n) is 5.09. The summed E-state index contributed by atoms with van der Waals surface area (Å²) in [5.74, 6) is -0.543. The van der Waals surface area contributed by atoms with Crippen LogP contribution >= 0.6 is 0 Å². The first-order valence-electron chi connectivity index (χ1n) is 7.00. The van der Waals surface area contributed by atoms with Crippen molar-refractivity contribution in [2.45, 2.75) is 12.2 Å². The van der Waals surface area contributed by atoms with Gasteiger partial charge in [0.2, 0.25) is 11.5 Å². The number of Topliss-reactive ketones (excluding diaryl/α,β-unsaturated/α-hetero) is 1. The van der Waals surface area contributed by atoms with Gasteiger partial charge in [-0.25, -0.2) is 0 Å².